The van der Waals surface area contributed by atoms with E-state index in [0.717, 1.165) is 0 Å². The van der Waals surface area contributed by atoms with E-state index in [0.29, 0.717) is 0 Å². The molecule has 106 valence electrons. The lowest BCUT2D eigenvalue weighted by molar-refractivity contribution is 0.0532. The standard InChI is InChI=1S/C10H18FNO5S/c1-10(2,3)17-9(13)12-7-8(6-11)4-5-18(14,15)16/h6H,4-5,7H2,1-3H3,(H,12,13)(H,14,15,16). The molecule has 0 spiro atoms. The fourth-order valence-corrected chi connectivity index (χ4v) is 1.46. The quantitative estimate of drug-likeness (QED) is 0.748. The molecule has 0 atom stereocenters. The van der Waals surface area contributed by atoms with Crippen LogP contribution in [0.5, 0.6) is 0 Å². The van der Waals surface area contributed by atoms with Crippen molar-refractivity contribution in [2.75, 3.05) is 12.3 Å². The maximum atomic E-state index is 12.4. The molecule has 0 aromatic carbocycles. The summed E-state index contributed by atoms with van der Waals surface area (Å²) in [5.41, 5.74) is -0.628. The summed E-state index contributed by atoms with van der Waals surface area (Å²) in [6.45, 7) is 4.85. The van der Waals surface area contributed by atoms with Gasteiger partial charge in [-0.1, -0.05) is 0 Å². The first-order chi connectivity index (χ1) is 8.03. The first-order valence-corrected chi connectivity index (χ1v) is 6.84. The van der Waals surface area contributed by atoms with Gasteiger partial charge in [0.2, 0.25) is 0 Å². The van der Waals surface area contributed by atoms with Crippen LogP contribution < -0.4 is 5.32 Å². The number of amides is 1. The summed E-state index contributed by atoms with van der Waals surface area (Å²) >= 11 is 0. The van der Waals surface area contributed by atoms with Crippen molar-refractivity contribution < 1.29 is 26.9 Å². The van der Waals surface area contributed by atoms with Crippen LogP contribution in [-0.2, 0) is 14.9 Å². The summed E-state index contributed by atoms with van der Waals surface area (Å²) in [5.74, 6) is -0.598. The van der Waals surface area contributed by atoms with Gasteiger partial charge in [0.15, 0.2) is 0 Å². The van der Waals surface area contributed by atoms with Gasteiger partial charge < -0.3 is 10.1 Å². The minimum absolute atomic E-state index is 0.0403. The molecule has 0 unspecified atom stereocenters. The molecule has 0 saturated heterocycles. The van der Waals surface area contributed by atoms with Gasteiger partial charge in [-0.05, 0) is 32.8 Å². The van der Waals surface area contributed by atoms with Gasteiger partial charge in [-0.3, -0.25) is 4.55 Å². The van der Waals surface area contributed by atoms with Gasteiger partial charge in [-0.25, -0.2) is 9.18 Å². The number of alkyl carbamates (subject to hydrolysis) is 1. The van der Waals surface area contributed by atoms with Gasteiger partial charge in [0.25, 0.3) is 10.1 Å². The van der Waals surface area contributed by atoms with Crippen LogP contribution in [0.2, 0.25) is 0 Å². The smallest absolute Gasteiger partial charge is 0.407 e. The Kier molecular flexibility index (Phi) is 6.27. The summed E-state index contributed by atoms with van der Waals surface area (Å²) in [7, 11) is -4.15. The molecule has 0 radical (unpaired) electrons. The molecular formula is C10H18FNO5S. The van der Waals surface area contributed by atoms with Gasteiger partial charge in [0.05, 0.1) is 12.1 Å². The lowest BCUT2D eigenvalue weighted by atomic mass is 10.2. The largest absolute Gasteiger partial charge is 0.444 e. The Morgan fingerprint density at radius 2 is 2.00 bits per heavy atom. The maximum Gasteiger partial charge on any atom is 0.407 e. The van der Waals surface area contributed by atoms with E-state index in [1.54, 1.807) is 20.8 Å². The van der Waals surface area contributed by atoms with E-state index in [-0.39, 0.29) is 24.9 Å². The number of hydrogen-bond acceptors (Lipinski definition) is 4. The van der Waals surface area contributed by atoms with Crippen molar-refractivity contribution in [2.45, 2.75) is 32.8 Å². The highest BCUT2D eigenvalue weighted by Crippen LogP contribution is 2.07. The fraction of sp³-hybridized carbons (Fsp3) is 0.700. The van der Waals surface area contributed by atoms with Gasteiger partial charge in [0, 0.05) is 6.54 Å². The second kappa shape index (κ2) is 6.69. The molecule has 0 aromatic heterocycles. The van der Waals surface area contributed by atoms with Crippen molar-refractivity contribution in [3.63, 3.8) is 0 Å². The molecule has 0 aliphatic carbocycles. The zero-order chi connectivity index (χ0) is 14.4. The number of rotatable bonds is 5. The molecule has 18 heavy (non-hydrogen) atoms. The number of ether oxygens (including phenoxy) is 1. The molecule has 0 aliphatic heterocycles. The first kappa shape index (κ1) is 16.9. The number of nitrogens with one attached hydrogen (secondary N) is 1. The second-order valence-electron chi connectivity index (χ2n) is 4.66. The highest BCUT2D eigenvalue weighted by Gasteiger charge is 2.16. The van der Waals surface area contributed by atoms with Crippen molar-refractivity contribution in [1.29, 1.82) is 0 Å². The molecule has 1 amide bonds. The van der Waals surface area contributed by atoms with Crippen LogP contribution in [0, 0.1) is 0 Å². The predicted molar refractivity (Wildman–Crippen MR) is 64.5 cm³/mol. The lowest BCUT2D eigenvalue weighted by Gasteiger charge is -2.19. The second-order valence-corrected chi connectivity index (χ2v) is 6.23. The molecule has 8 heteroatoms. The van der Waals surface area contributed by atoms with Gasteiger partial charge in [0.1, 0.15) is 5.60 Å². The molecule has 0 aliphatic rings. The van der Waals surface area contributed by atoms with Crippen LogP contribution in [0.4, 0.5) is 9.18 Å². The molecule has 0 heterocycles. The Morgan fingerprint density at radius 1 is 1.44 bits per heavy atom. The predicted octanol–water partition coefficient (Wildman–Crippen LogP) is 1.64. The summed E-state index contributed by atoms with van der Waals surface area (Å²) in [4.78, 5) is 11.2. The van der Waals surface area contributed by atoms with Crippen molar-refractivity contribution in [1.82, 2.24) is 5.32 Å². The number of carbonyl (C=O) groups is 1. The third kappa shape index (κ3) is 10.0. The first-order valence-electron chi connectivity index (χ1n) is 5.23. The number of carbonyl (C=O) groups excluding carboxylic acids is 1. The van der Waals surface area contributed by atoms with Crippen LogP contribution in [-0.4, -0.2) is 37.0 Å². The lowest BCUT2D eigenvalue weighted by Crippen LogP contribution is -2.33. The van der Waals surface area contributed by atoms with E-state index < -0.39 is 27.6 Å². The van der Waals surface area contributed by atoms with Gasteiger partial charge in [-0.15, -0.1) is 0 Å². The number of halogens is 1. The summed E-state index contributed by atoms with van der Waals surface area (Å²) in [5, 5.41) is 2.28. The highest BCUT2D eigenvalue weighted by molar-refractivity contribution is 7.85. The van der Waals surface area contributed by atoms with E-state index in [1.165, 1.54) is 0 Å². The normalized spacial score (nSPS) is 13.3. The van der Waals surface area contributed by atoms with Gasteiger partial charge >= 0.3 is 6.09 Å². The molecule has 0 aromatic rings. The van der Waals surface area contributed by atoms with E-state index in [2.05, 4.69) is 5.32 Å². The zero-order valence-electron chi connectivity index (χ0n) is 10.6. The highest BCUT2D eigenvalue weighted by atomic mass is 32.2. The van der Waals surface area contributed by atoms with E-state index >= 15 is 0 Å². The SMILES string of the molecule is CC(C)(C)OC(=O)NCC(=CF)CCS(=O)(=O)O. The molecule has 0 rings (SSSR count). The zero-order valence-corrected chi connectivity index (χ0v) is 11.4. The van der Waals surface area contributed by atoms with Crippen LogP contribution >= 0.6 is 0 Å². The van der Waals surface area contributed by atoms with Gasteiger partial charge in [-0.2, -0.15) is 8.42 Å². The molecule has 2 N–H and O–H groups in total. The van der Waals surface area contributed by atoms with Crippen molar-refractivity contribution >= 4 is 16.2 Å². The van der Waals surface area contributed by atoms with Crippen LogP contribution in [0.25, 0.3) is 0 Å². The maximum absolute atomic E-state index is 12.4. The molecule has 0 fully saturated rings. The molecule has 0 saturated carbocycles. The van der Waals surface area contributed by atoms with Crippen molar-refractivity contribution in [2.24, 2.45) is 0 Å². The van der Waals surface area contributed by atoms with Crippen molar-refractivity contribution in [3.05, 3.63) is 11.9 Å². The third-order valence-corrected chi connectivity index (χ3v) is 2.41. The average molecular weight is 283 g/mol. The number of hydrogen-bond donors (Lipinski definition) is 2. The summed E-state index contributed by atoms with van der Waals surface area (Å²) in [6, 6.07) is 0. The average Bonchev–Trinajstić information content (AvgIpc) is 2.13. The van der Waals surface area contributed by atoms with E-state index in [4.69, 9.17) is 9.29 Å². The molecule has 0 bridgehead atoms. The molecule has 6 nitrogen and oxygen atoms in total. The molecular weight excluding hydrogens is 265 g/mol. The van der Waals surface area contributed by atoms with Crippen molar-refractivity contribution in [3.8, 4) is 0 Å². The minimum Gasteiger partial charge on any atom is -0.444 e. The van der Waals surface area contributed by atoms with E-state index in [9.17, 15) is 17.6 Å². The van der Waals surface area contributed by atoms with E-state index in [1.807, 2.05) is 0 Å². The Morgan fingerprint density at radius 3 is 2.39 bits per heavy atom. The summed E-state index contributed by atoms with van der Waals surface area (Å²) in [6.07, 6.45) is -0.734. The Hall–Kier alpha value is -1.15. The minimum atomic E-state index is -4.15. The van der Waals surface area contributed by atoms with Crippen LogP contribution in [0.15, 0.2) is 11.9 Å². The Balaban J connectivity index is 4.14. The van der Waals surface area contributed by atoms with Crippen LogP contribution in [0.3, 0.4) is 0 Å². The monoisotopic (exact) mass is 283 g/mol. The third-order valence-electron chi connectivity index (χ3n) is 1.69. The Bertz CT molecular complexity index is 410. The Labute approximate surface area is 106 Å². The van der Waals surface area contributed by atoms with Crippen LogP contribution in [0.1, 0.15) is 27.2 Å². The topological polar surface area (TPSA) is 92.7 Å². The summed E-state index contributed by atoms with van der Waals surface area (Å²) < 4.78 is 46.7. The fourth-order valence-electron chi connectivity index (χ4n) is 0.941.